The molecule has 3 N–H and O–H groups in total. The first-order valence-electron chi connectivity index (χ1n) is 8.68. The van der Waals surface area contributed by atoms with Crippen molar-refractivity contribution in [3.63, 3.8) is 0 Å². The molecule has 0 saturated heterocycles. The first kappa shape index (κ1) is 17.5. The number of benzene rings is 2. The molecule has 0 fully saturated rings. The van der Waals surface area contributed by atoms with Crippen LogP contribution in [0.2, 0.25) is 0 Å². The summed E-state index contributed by atoms with van der Waals surface area (Å²) in [6, 6.07) is 13.0. The second-order valence-electron chi connectivity index (χ2n) is 6.47. The zero-order chi connectivity index (χ0) is 17.6. The lowest BCUT2D eigenvalue weighted by molar-refractivity contribution is 0.0696. The van der Waals surface area contributed by atoms with Crippen LogP contribution in [0.15, 0.2) is 42.5 Å². The summed E-state index contributed by atoms with van der Waals surface area (Å²) in [6.07, 6.45) is 2.13. The van der Waals surface area contributed by atoms with E-state index in [1.54, 1.807) is 0 Å². The molecular formula is C20H24N2O3. The Morgan fingerprint density at radius 2 is 1.96 bits per heavy atom. The fourth-order valence-electron chi connectivity index (χ4n) is 3.26. The average Bonchev–Trinajstić information content (AvgIpc) is 2.62. The number of aromatic carboxylic acids is 1. The van der Waals surface area contributed by atoms with Crippen molar-refractivity contribution in [2.75, 3.05) is 19.6 Å². The standard InChI is InChI=1S/C20H24N2O3/c23-19-7-6-16(20(24)25)12-18(19)13-21-9-3-10-22-11-8-15-4-1-2-5-17(15)14-22/h1-2,4-7,12,21,23H,3,8-11,13-14H2,(H,24,25). The van der Waals surface area contributed by atoms with E-state index in [-0.39, 0.29) is 11.3 Å². The number of nitrogens with zero attached hydrogens (tertiary/aromatic N) is 1. The summed E-state index contributed by atoms with van der Waals surface area (Å²) in [4.78, 5) is 13.5. The molecule has 0 aliphatic carbocycles. The number of phenolic OH excluding ortho intramolecular Hbond substituents is 1. The van der Waals surface area contributed by atoms with Crippen LogP contribution >= 0.6 is 0 Å². The van der Waals surface area contributed by atoms with E-state index in [1.165, 1.54) is 29.3 Å². The van der Waals surface area contributed by atoms with Crippen LogP contribution in [0.3, 0.4) is 0 Å². The van der Waals surface area contributed by atoms with E-state index in [1.807, 2.05) is 0 Å². The van der Waals surface area contributed by atoms with Gasteiger partial charge in [-0.15, -0.1) is 0 Å². The van der Waals surface area contributed by atoms with Crippen molar-refractivity contribution < 1.29 is 15.0 Å². The van der Waals surface area contributed by atoms with Crippen LogP contribution in [-0.2, 0) is 19.5 Å². The molecule has 0 bridgehead atoms. The van der Waals surface area contributed by atoms with Crippen LogP contribution in [0.5, 0.6) is 5.75 Å². The Balaban J connectivity index is 1.41. The molecule has 0 aromatic heterocycles. The maximum atomic E-state index is 11.0. The number of carbonyl (C=O) groups is 1. The molecule has 0 saturated carbocycles. The number of aromatic hydroxyl groups is 1. The van der Waals surface area contributed by atoms with Crippen molar-refractivity contribution in [1.29, 1.82) is 0 Å². The van der Waals surface area contributed by atoms with Gasteiger partial charge in [0.05, 0.1) is 5.56 Å². The van der Waals surface area contributed by atoms with Crippen molar-refractivity contribution in [2.24, 2.45) is 0 Å². The number of rotatable bonds is 7. The molecule has 1 heterocycles. The van der Waals surface area contributed by atoms with Gasteiger partial charge in [0.25, 0.3) is 0 Å². The summed E-state index contributed by atoms with van der Waals surface area (Å²) >= 11 is 0. The van der Waals surface area contributed by atoms with Gasteiger partial charge >= 0.3 is 5.97 Å². The average molecular weight is 340 g/mol. The lowest BCUT2D eigenvalue weighted by Crippen LogP contribution is -2.32. The van der Waals surface area contributed by atoms with Gasteiger partial charge in [-0.05, 0) is 55.3 Å². The molecule has 0 amide bonds. The SMILES string of the molecule is O=C(O)c1ccc(O)c(CNCCCN2CCc3ccccc3C2)c1. The Morgan fingerprint density at radius 3 is 2.76 bits per heavy atom. The number of carboxylic acids is 1. The van der Waals surface area contributed by atoms with Crippen LogP contribution < -0.4 is 5.32 Å². The van der Waals surface area contributed by atoms with Crippen molar-refractivity contribution in [3.05, 3.63) is 64.7 Å². The van der Waals surface area contributed by atoms with E-state index in [2.05, 4.69) is 34.5 Å². The molecule has 1 aliphatic heterocycles. The topological polar surface area (TPSA) is 72.8 Å². The molecule has 132 valence electrons. The Morgan fingerprint density at radius 1 is 1.16 bits per heavy atom. The minimum Gasteiger partial charge on any atom is -0.508 e. The van der Waals surface area contributed by atoms with Crippen molar-refractivity contribution >= 4 is 5.97 Å². The van der Waals surface area contributed by atoms with Gasteiger partial charge in [0.1, 0.15) is 5.75 Å². The van der Waals surface area contributed by atoms with Gasteiger partial charge in [-0.1, -0.05) is 24.3 Å². The molecular weight excluding hydrogens is 316 g/mol. The van der Waals surface area contributed by atoms with E-state index < -0.39 is 5.97 Å². The monoisotopic (exact) mass is 340 g/mol. The smallest absolute Gasteiger partial charge is 0.335 e. The molecule has 5 heteroatoms. The second-order valence-corrected chi connectivity index (χ2v) is 6.47. The Bertz CT molecular complexity index is 745. The first-order chi connectivity index (χ1) is 12.1. The summed E-state index contributed by atoms with van der Waals surface area (Å²) in [6.45, 7) is 4.43. The highest BCUT2D eigenvalue weighted by Crippen LogP contribution is 2.19. The predicted molar refractivity (Wildman–Crippen MR) is 96.8 cm³/mol. The lowest BCUT2D eigenvalue weighted by Gasteiger charge is -2.28. The van der Waals surface area contributed by atoms with E-state index >= 15 is 0 Å². The van der Waals surface area contributed by atoms with Gasteiger partial charge < -0.3 is 15.5 Å². The Kier molecular flexibility index (Phi) is 5.68. The van der Waals surface area contributed by atoms with E-state index in [0.29, 0.717) is 12.1 Å². The highest BCUT2D eigenvalue weighted by atomic mass is 16.4. The van der Waals surface area contributed by atoms with E-state index in [9.17, 15) is 9.90 Å². The third kappa shape index (κ3) is 4.59. The highest BCUT2D eigenvalue weighted by Gasteiger charge is 2.14. The lowest BCUT2D eigenvalue weighted by atomic mass is 10.00. The van der Waals surface area contributed by atoms with Crippen molar-refractivity contribution in [1.82, 2.24) is 10.2 Å². The summed E-state index contributed by atoms with van der Waals surface area (Å²) in [5.41, 5.74) is 3.70. The third-order valence-corrected chi connectivity index (χ3v) is 4.68. The fraction of sp³-hybridized carbons (Fsp3) is 0.350. The van der Waals surface area contributed by atoms with Gasteiger partial charge in [-0.25, -0.2) is 4.79 Å². The zero-order valence-electron chi connectivity index (χ0n) is 14.2. The number of phenols is 1. The number of fused-ring (bicyclic) bond motifs is 1. The quantitative estimate of drug-likeness (QED) is 0.676. The van der Waals surface area contributed by atoms with Gasteiger partial charge in [0.2, 0.25) is 0 Å². The first-order valence-corrected chi connectivity index (χ1v) is 8.68. The van der Waals surface area contributed by atoms with Crippen LogP contribution in [0.4, 0.5) is 0 Å². The van der Waals surface area contributed by atoms with Crippen molar-refractivity contribution in [2.45, 2.75) is 25.9 Å². The predicted octanol–water partition coefficient (Wildman–Crippen LogP) is 2.63. The largest absolute Gasteiger partial charge is 0.508 e. The Labute approximate surface area is 147 Å². The molecule has 25 heavy (non-hydrogen) atoms. The molecule has 2 aromatic rings. The summed E-state index contributed by atoms with van der Waals surface area (Å²) in [5, 5.41) is 22.1. The molecule has 5 nitrogen and oxygen atoms in total. The molecule has 0 radical (unpaired) electrons. The van der Waals surface area contributed by atoms with Gasteiger partial charge in [-0.3, -0.25) is 4.90 Å². The van der Waals surface area contributed by atoms with Crippen LogP contribution in [-0.4, -0.2) is 40.7 Å². The molecule has 2 aromatic carbocycles. The molecule has 3 rings (SSSR count). The number of hydrogen-bond acceptors (Lipinski definition) is 4. The number of carboxylic acid groups (broad SMARTS) is 1. The summed E-state index contributed by atoms with van der Waals surface area (Å²) in [7, 11) is 0. The van der Waals surface area contributed by atoms with Crippen molar-refractivity contribution in [3.8, 4) is 5.75 Å². The van der Waals surface area contributed by atoms with Crippen LogP contribution in [0, 0.1) is 0 Å². The zero-order valence-corrected chi connectivity index (χ0v) is 14.2. The maximum absolute atomic E-state index is 11.0. The normalized spacial score (nSPS) is 14.2. The van der Waals surface area contributed by atoms with Gasteiger partial charge in [-0.2, -0.15) is 0 Å². The maximum Gasteiger partial charge on any atom is 0.335 e. The molecule has 1 aliphatic rings. The van der Waals surface area contributed by atoms with E-state index in [4.69, 9.17) is 5.11 Å². The van der Waals surface area contributed by atoms with Gasteiger partial charge in [0.15, 0.2) is 0 Å². The molecule has 0 atom stereocenters. The Hall–Kier alpha value is -2.37. The molecule has 0 unspecified atom stereocenters. The minimum atomic E-state index is -0.980. The molecule has 0 spiro atoms. The number of hydrogen-bond donors (Lipinski definition) is 3. The fourth-order valence-corrected chi connectivity index (χ4v) is 3.26. The van der Waals surface area contributed by atoms with E-state index in [0.717, 1.165) is 39.0 Å². The van der Waals surface area contributed by atoms with Crippen LogP contribution in [0.25, 0.3) is 0 Å². The summed E-state index contributed by atoms with van der Waals surface area (Å²) < 4.78 is 0. The number of nitrogens with one attached hydrogen (secondary N) is 1. The van der Waals surface area contributed by atoms with Crippen LogP contribution in [0.1, 0.15) is 33.5 Å². The minimum absolute atomic E-state index is 0.130. The third-order valence-electron chi connectivity index (χ3n) is 4.68. The highest BCUT2D eigenvalue weighted by molar-refractivity contribution is 5.88. The summed E-state index contributed by atoms with van der Waals surface area (Å²) in [5.74, 6) is -0.850. The second kappa shape index (κ2) is 8.14. The van der Waals surface area contributed by atoms with Gasteiger partial charge in [0, 0.05) is 25.2 Å².